The molecular weight excluding hydrogens is 243 g/mol. The van der Waals surface area contributed by atoms with E-state index in [2.05, 4.69) is 19.2 Å². The molecule has 1 atom stereocenters. The second-order valence-corrected chi connectivity index (χ2v) is 4.89. The van der Waals surface area contributed by atoms with Crippen molar-refractivity contribution in [3.05, 3.63) is 29.1 Å². The smallest absolute Gasteiger partial charge is 0.248 e. The fraction of sp³-hybridized carbons (Fsp3) is 0.533. The second kappa shape index (κ2) is 7.12. The van der Waals surface area contributed by atoms with Crippen LogP contribution in [0.15, 0.2) is 12.1 Å². The first-order valence-corrected chi connectivity index (χ1v) is 6.86. The van der Waals surface area contributed by atoms with Crippen LogP contribution in [0, 0.1) is 12.7 Å². The molecule has 1 amide bonds. The number of hydrogen-bond donors (Lipinski definition) is 2. The van der Waals surface area contributed by atoms with Crippen molar-refractivity contribution in [1.82, 2.24) is 0 Å². The van der Waals surface area contributed by atoms with Gasteiger partial charge in [0.15, 0.2) is 0 Å². The molecule has 3 N–H and O–H groups in total. The minimum Gasteiger partial charge on any atom is -0.382 e. The number of nitrogens with two attached hydrogens (primary N) is 1. The van der Waals surface area contributed by atoms with E-state index in [-0.39, 0.29) is 5.56 Å². The van der Waals surface area contributed by atoms with Gasteiger partial charge in [0.05, 0.1) is 0 Å². The summed E-state index contributed by atoms with van der Waals surface area (Å²) in [5, 5.41) is 3.32. The van der Waals surface area contributed by atoms with Gasteiger partial charge >= 0.3 is 0 Å². The third-order valence-electron chi connectivity index (χ3n) is 3.39. The van der Waals surface area contributed by atoms with E-state index in [1.807, 2.05) is 0 Å². The van der Waals surface area contributed by atoms with E-state index in [4.69, 9.17) is 5.73 Å². The van der Waals surface area contributed by atoms with Crippen molar-refractivity contribution in [2.45, 2.75) is 52.5 Å². The minimum atomic E-state index is -0.608. The molecule has 0 spiro atoms. The molecule has 0 fully saturated rings. The number of carbonyl (C=O) groups is 1. The maximum absolute atomic E-state index is 13.8. The number of anilines is 1. The van der Waals surface area contributed by atoms with Crippen LogP contribution in [-0.4, -0.2) is 11.9 Å². The summed E-state index contributed by atoms with van der Waals surface area (Å²) in [6.45, 7) is 5.94. The lowest BCUT2D eigenvalue weighted by molar-refractivity contribution is 0.1000. The molecule has 0 saturated carbocycles. The third-order valence-corrected chi connectivity index (χ3v) is 3.39. The number of amides is 1. The Morgan fingerprint density at radius 1 is 1.42 bits per heavy atom. The van der Waals surface area contributed by atoms with Crippen LogP contribution in [0.25, 0.3) is 0 Å². The molecule has 0 bridgehead atoms. The van der Waals surface area contributed by atoms with E-state index < -0.39 is 11.7 Å². The van der Waals surface area contributed by atoms with Crippen LogP contribution >= 0.6 is 0 Å². The van der Waals surface area contributed by atoms with Crippen LogP contribution in [0.1, 0.15) is 55.5 Å². The lowest BCUT2D eigenvalue weighted by Crippen LogP contribution is -2.20. The van der Waals surface area contributed by atoms with Crippen molar-refractivity contribution >= 4 is 11.6 Å². The highest BCUT2D eigenvalue weighted by Crippen LogP contribution is 2.23. The van der Waals surface area contributed by atoms with E-state index in [1.165, 1.54) is 6.07 Å². The van der Waals surface area contributed by atoms with Gasteiger partial charge < -0.3 is 11.1 Å². The highest BCUT2D eigenvalue weighted by atomic mass is 19.1. The first-order chi connectivity index (χ1) is 8.99. The van der Waals surface area contributed by atoms with Gasteiger partial charge in [0.1, 0.15) is 5.82 Å². The maximum atomic E-state index is 13.8. The van der Waals surface area contributed by atoms with Crippen LogP contribution in [0.4, 0.5) is 10.1 Å². The van der Waals surface area contributed by atoms with Crippen LogP contribution in [0.5, 0.6) is 0 Å². The van der Waals surface area contributed by atoms with Crippen LogP contribution in [0.3, 0.4) is 0 Å². The van der Waals surface area contributed by atoms with E-state index in [0.29, 0.717) is 17.3 Å². The lowest BCUT2D eigenvalue weighted by atomic mass is 10.0. The number of primary amides is 1. The summed E-state index contributed by atoms with van der Waals surface area (Å²) in [6.07, 6.45) is 4.26. The van der Waals surface area contributed by atoms with Gasteiger partial charge in [-0.25, -0.2) is 4.39 Å². The van der Waals surface area contributed by atoms with Crippen LogP contribution in [-0.2, 0) is 0 Å². The van der Waals surface area contributed by atoms with Crippen molar-refractivity contribution in [2.24, 2.45) is 5.73 Å². The third kappa shape index (κ3) is 4.23. The first kappa shape index (κ1) is 15.5. The molecule has 0 aliphatic rings. The lowest BCUT2D eigenvalue weighted by Gasteiger charge is -2.20. The first-order valence-electron chi connectivity index (χ1n) is 6.86. The number of unbranched alkanes of at least 4 members (excludes halogenated alkanes) is 1. The standard InChI is InChI=1S/C15H23FN2O/c1-4-6-7-12(5-2)18-14-9-11(15(17)19)8-13(16)10(14)3/h8-9,12,18H,4-7H2,1-3H3,(H2,17,19). The summed E-state index contributed by atoms with van der Waals surface area (Å²) >= 11 is 0. The molecule has 1 unspecified atom stereocenters. The van der Waals surface area contributed by atoms with E-state index in [1.54, 1.807) is 13.0 Å². The van der Waals surface area contributed by atoms with Gasteiger partial charge in [-0.2, -0.15) is 0 Å². The van der Waals surface area contributed by atoms with E-state index >= 15 is 0 Å². The molecular formula is C15H23FN2O. The molecule has 1 aromatic carbocycles. The van der Waals surface area contributed by atoms with Crippen molar-refractivity contribution in [3.8, 4) is 0 Å². The molecule has 106 valence electrons. The van der Waals surface area contributed by atoms with Gasteiger partial charge in [-0.15, -0.1) is 0 Å². The van der Waals surface area contributed by atoms with Crippen molar-refractivity contribution in [2.75, 3.05) is 5.32 Å². The van der Waals surface area contributed by atoms with Gasteiger partial charge in [0.2, 0.25) is 5.91 Å². The summed E-state index contributed by atoms with van der Waals surface area (Å²) in [5.41, 5.74) is 6.61. The zero-order valence-electron chi connectivity index (χ0n) is 11.9. The molecule has 0 aliphatic carbocycles. The molecule has 19 heavy (non-hydrogen) atoms. The van der Waals surface area contributed by atoms with Gasteiger partial charge in [0, 0.05) is 22.9 Å². The predicted octanol–water partition coefficient (Wildman–Crippen LogP) is 3.61. The molecule has 1 rings (SSSR count). The SMILES string of the molecule is CCCCC(CC)Nc1cc(C(N)=O)cc(F)c1C. The van der Waals surface area contributed by atoms with Crippen LogP contribution < -0.4 is 11.1 Å². The summed E-state index contributed by atoms with van der Waals surface area (Å²) in [6, 6.07) is 3.12. The molecule has 0 saturated heterocycles. The molecule has 3 nitrogen and oxygen atoms in total. The normalized spacial score (nSPS) is 12.2. The Labute approximate surface area is 114 Å². The quantitative estimate of drug-likeness (QED) is 0.792. The van der Waals surface area contributed by atoms with Gasteiger partial charge in [-0.05, 0) is 31.9 Å². The fourth-order valence-electron chi connectivity index (χ4n) is 2.02. The van der Waals surface area contributed by atoms with Crippen LogP contribution in [0.2, 0.25) is 0 Å². The number of benzene rings is 1. The zero-order chi connectivity index (χ0) is 14.4. The number of carbonyl (C=O) groups excluding carboxylic acids is 1. The highest BCUT2D eigenvalue weighted by molar-refractivity contribution is 5.94. The summed E-state index contributed by atoms with van der Waals surface area (Å²) in [7, 11) is 0. The maximum Gasteiger partial charge on any atom is 0.248 e. The summed E-state index contributed by atoms with van der Waals surface area (Å²) in [5.74, 6) is -1.01. The topological polar surface area (TPSA) is 55.1 Å². The predicted molar refractivity (Wildman–Crippen MR) is 76.9 cm³/mol. The second-order valence-electron chi connectivity index (χ2n) is 4.89. The van der Waals surface area contributed by atoms with Crippen molar-refractivity contribution in [3.63, 3.8) is 0 Å². The summed E-state index contributed by atoms with van der Waals surface area (Å²) in [4.78, 5) is 11.2. The Bertz CT molecular complexity index is 446. The van der Waals surface area contributed by atoms with Gasteiger partial charge in [0.25, 0.3) is 0 Å². The number of nitrogens with one attached hydrogen (secondary N) is 1. The Balaban J connectivity index is 2.95. The molecule has 4 heteroatoms. The largest absolute Gasteiger partial charge is 0.382 e. The number of rotatable bonds is 7. The Morgan fingerprint density at radius 3 is 2.63 bits per heavy atom. The number of halogens is 1. The van der Waals surface area contributed by atoms with Crippen molar-refractivity contribution in [1.29, 1.82) is 0 Å². The van der Waals surface area contributed by atoms with Gasteiger partial charge in [-0.1, -0.05) is 26.7 Å². The van der Waals surface area contributed by atoms with E-state index in [9.17, 15) is 9.18 Å². The monoisotopic (exact) mass is 266 g/mol. The number of hydrogen-bond acceptors (Lipinski definition) is 2. The highest BCUT2D eigenvalue weighted by Gasteiger charge is 2.13. The zero-order valence-corrected chi connectivity index (χ0v) is 11.9. The molecule has 0 aromatic heterocycles. The average Bonchev–Trinajstić information content (AvgIpc) is 2.38. The Hall–Kier alpha value is -1.58. The average molecular weight is 266 g/mol. The Morgan fingerprint density at radius 2 is 2.11 bits per heavy atom. The summed E-state index contributed by atoms with van der Waals surface area (Å²) < 4.78 is 13.8. The Kier molecular flexibility index (Phi) is 5.80. The molecule has 1 aromatic rings. The molecule has 0 aliphatic heterocycles. The molecule has 0 heterocycles. The minimum absolute atomic E-state index is 0.205. The van der Waals surface area contributed by atoms with Crippen molar-refractivity contribution < 1.29 is 9.18 Å². The fourth-order valence-corrected chi connectivity index (χ4v) is 2.02. The molecule has 0 radical (unpaired) electrons. The van der Waals surface area contributed by atoms with Gasteiger partial charge in [-0.3, -0.25) is 4.79 Å². The van der Waals surface area contributed by atoms with E-state index in [0.717, 1.165) is 25.7 Å².